The Bertz CT molecular complexity index is 1060. The number of carbonyl (C=O) groups excluding carboxylic acids is 3. The maximum Gasteiger partial charge on any atom is 0.409 e. The second-order valence-corrected chi connectivity index (χ2v) is 10.1. The number of nitrogens with one attached hydrogen (secondary N) is 1. The molecule has 4 amide bonds. The van der Waals surface area contributed by atoms with E-state index in [9.17, 15) is 24.3 Å². The molecule has 13 heteroatoms. The van der Waals surface area contributed by atoms with Crippen LogP contribution in [0.4, 0.5) is 9.59 Å². The Labute approximate surface area is 226 Å². The zero-order chi connectivity index (χ0) is 27.9. The smallest absolute Gasteiger partial charge is 0.409 e. The first kappa shape index (κ1) is 28.0. The number of nitrogens with two attached hydrogens (primary N) is 1. The summed E-state index contributed by atoms with van der Waals surface area (Å²) in [5, 5.41) is 17.4. The van der Waals surface area contributed by atoms with Gasteiger partial charge in [-0.1, -0.05) is 18.2 Å². The number of piperidine rings is 1. The molecule has 0 aliphatic carbocycles. The second-order valence-electron chi connectivity index (χ2n) is 10.1. The predicted molar refractivity (Wildman–Crippen MR) is 139 cm³/mol. The standard InChI is InChI=1S/C26H36N6O7/c27-24(28)31-9-4-6-18(17-31)16-20-21(23(34)35)32(22(20)33)25(36)29-10-12-30(13-11-29)26(37)39-15-5-14-38-19-7-2-1-3-8-19/h1-3,7-8,18,20-21H,4-6,9-17H2,(H3,27,28)(H,34,35). The quantitative estimate of drug-likeness (QED) is 0.189. The van der Waals surface area contributed by atoms with Gasteiger partial charge in [0.25, 0.3) is 0 Å². The number of hydrogen-bond acceptors (Lipinski definition) is 7. The van der Waals surface area contributed by atoms with Crippen LogP contribution in [-0.4, -0.2) is 113 Å². The molecule has 39 heavy (non-hydrogen) atoms. The van der Waals surface area contributed by atoms with E-state index in [0.717, 1.165) is 23.5 Å². The van der Waals surface area contributed by atoms with Crippen LogP contribution in [-0.2, 0) is 14.3 Å². The summed E-state index contributed by atoms with van der Waals surface area (Å²) >= 11 is 0. The molecule has 212 valence electrons. The van der Waals surface area contributed by atoms with Crippen LogP contribution in [0.25, 0.3) is 0 Å². The third kappa shape index (κ3) is 6.70. The van der Waals surface area contributed by atoms with Crippen LogP contribution in [0, 0.1) is 17.2 Å². The Morgan fingerprint density at radius 3 is 2.36 bits per heavy atom. The van der Waals surface area contributed by atoms with Crippen LogP contribution in [0.1, 0.15) is 25.7 Å². The van der Waals surface area contributed by atoms with Gasteiger partial charge in [-0.25, -0.2) is 19.3 Å². The van der Waals surface area contributed by atoms with Gasteiger partial charge in [0.15, 0.2) is 12.0 Å². The number of urea groups is 1. The van der Waals surface area contributed by atoms with E-state index in [-0.39, 0.29) is 44.7 Å². The molecule has 3 atom stereocenters. The summed E-state index contributed by atoms with van der Waals surface area (Å²) in [5.41, 5.74) is 5.59. The van der Waals surface area contributed by atoms with Crippen LogP contribution in [0.2, 0.25) is 0 Å². The topological polar surface area (TPSA) is 170 Å². The Hall–Kier alpha value is -4.03. The van der Waals surface area contributed by atoms with Crippen molar-refractivity contribution in [3.05, 3.63) is 30.3 Å². The van der Waals surface area contributed by atoms with E-state index in [1.54, 1.807) is 4.90 Å². The third-order valence-corrected chi connectivity index (χ3v) is 7.45. The largest absolute Gasteiger partial charge is 0.493 e. The van der Waals surface area contributed by atoms with Crippen molar-refractivity contribution < 1.29 is 33.8 Å². The lowest BCUT2D eigenvalue weighted by Gasteiger charge is -2.47. The Kier molecular flexibility index (Phi) is 9.10. The van der Waals surface area contributed by atoms with Gasteiger partial charge in [0.1, 0.15) is 5.75 Å². The van der Waals surface area contributed by atoms with Crippen molar-refractivity contribution in [1.82, 2.24) is 19.6 Å². The number of imide groups is 1. The average molecular weight is 545 g/mol. The number of amides is 4. The summed E-state index contributed by atoms with van der Waals surface area (Å²) in [7, 11) is 0. The molecule has 4 N–H and O–H groups in total. The summed E-state index contributed by atoms with van der Waals surface area (Å²) in [4.78, 5) is 55.9. The molecule has 0 radical (unpaired) electrons. The molecule has 3 saturated heterocycles. The Morgan fingerprint density at radius 1 is 1.00 bits per heavy atom. The number of nitrogens with zero attached hydrogens (tertiary/aromatic N) is 4. The van der Waals surface area contributed by atoms with Crippen LogP contribution < -0.4 is 10.5 Å². The molecular weight excluding hydrogens is 508 g/mol. The number of likely N-dealkylation sites (tertiary alicyclic amines) is 2. The van der Waals surface area contributed by atoms with Crippen molar-refractivity contribution >= 4 is 30.0 Å². The fourth-order valence-electron chi connectivity index (χ4n) is 5.36. The molecule has 1 aromatic rings. The molecule has 1 aromatic carbocycles. The first-order valence-corrected chi connectivity index (χ1v) is 13.3. The minimum Gasteiger partial charge on any atom is -0.493 e. The Balaban J connectivity index is 1.20. The van der Waals surface area contributed by atoms with Gasteiger partial charge in [0.05, 0.1) is 19.1 Å². The molecule has 0 spiro atoms. The Morgan fingerprint density at radius 2 is 1.69 bits per heavy atom. The first-order valence-electron chi connectivity index (χ1n) is 13.3. The minimum atomic E-state index is -1.22. The maximum absolute atomic E-state index is 13.1. The van der Waals surface area contributed by atoms with Crippen LogP contribution >= 0.6 is 0 Å². The molecule has 4 rings (SSSR count). The number of para-hydroxylation sites is 1. The van der Waals surface area contributed by atoms with E-state index in [1.165, 1.54) is 9.80 Å². The summed E-state index contributed by atoms with van der Waals surface area (Å²) in [5.74, 6) is -1.76. The lowest BCUT2D eigenvalue weighted by Crippen LogP contribution is -2.70. The number of hydrogen-bond donors (Lipinski definition) is 3. The van der Waals surface area contributed by atoms with E-state index >= 15 is 0 Å². The van der Waals surface area contributed by atoms with Crippen molar-refractivity contribution in [3.8, 4) is 5.75 Å². The second kappa shape index (κ2) is 12.7. The molecule has 13 nitrogen and oxygen atoms in total. The number of carbonyl (C=O) groups is 4. The molecular formula is C26H36N6O7. The minimum absolute atomic E-state index is 0.0233. The van der Waals surface area contributed by atoms with Gasteiger partial charge in [-0.2, -0.15) is 0 Å². The number of piperazine rings is 1. The van der Waals surface area contributed by atoms with Crippen LogP contribution in [0.15, 0.2) is 30.3 Å². The van der Waals surface area contributed by atoms with E-state index in [4.69, 9.17) is 20.6 Å². The number of aliphatic carboxylic acids is 1. The van der Waals surface area contributed by atoms with E-state index in [0.29, 0.717) is 32.5 Å². The van der Waals surface area contributed by atoms with E-state index < -0.39 is 36.0 Å². The summed E-state index contributed by atoms with van der Waals surface area (Å²) < 4.78 is 10.9. The summed E-state index contributed by atoms with van der Waals surface area (Å²) in [6.07, 6.45) is 1.99. The van der Waals surface area contributed by atoms with Crippen molar-refractivity contribution in [2.75, 3.05) is 52.5 Å². The highest BCUT2D eigenvalue weighted by atomic mass is 16.6. The van der Waals surface area contributed by atoms with Crippen molar-refractivity contribution in [2.24, 2.45) is 17.6 Å². The molecule has 0 saturated carbocycles. The molecule has 3 heterocycles. The van der Waals surface area contributed by atoms with Gasteiger partial charge in [-0.15, -0.1) is 0 Å². The summed E-state index contributed by atoms with van der Waals surface area (Å²) in [6, 6.07) is 7.47. The van der Waals surface area contributed by atoms with Gasteiger partial charge < -0.3 is 35.0 Å². The van der Waals surface area contributed by atoms with Gasteiger partial charge in [0.2, 0.25) is 5.91 Å². The molecule has 3 fully saturated rings. The van der Waals surface area contributed by atoms with Crippen molar-refractivity contribution in [2.45, 2.75) is 31.7 Å². The molecule has 3 aliphatic rings. The number of carboxylic acids is 1. The average Bonchev–Trinajstić information content (AvgIpc) is 2.94. The van der Waals surface area contributed by atoms with E-state index in [2.05, 4.69) is 0 Å². The lowest BCUT2D eigenvalue weighted by molar-refractivity contribution is -0.167. The molecule has 3 unspecified atom stereocenters. The fraction of sp³-hybridized carbons (Fsp3) is 0.577. The highest BCUT2D eigenvalue weighted by Crippen LogP contribution is 2.36. The van der Waals surface area contributed by atoms with Crippen LogP contribution in [0.5, 0.6) is 5.75 Å². The van der Waals surface area contributed by atoms with Gasteiger partial charge >= 0.3 is 18.1 Å². The van der Waals surface area contributed by atoms with Crippen molar-refractivity contribution in [3.63, 3.8) is 0 Å². The highest BCUT2D eigenvalue weighted by Gasteiger charge is 2.56. The number of benzene rings is 1. The normalized spacial score (nSPS) is 23.2. The third-order valence-electron chi connectivity index (χ3n) is 7.45. The fourth-order valence-corrected chi connectivity index (χ4v) is 5.36. The highest BCUT2D eigenvalue weighted by molar-refractivity contribution is 6.07. The molecule has 3 aliphatic heterocycles. The molecule has 0 bridgehead atoms. The van der Waals surface area contributed by atoms with Crippen molar-refractivity contribution in [1.29, 1.82) is 5.41 Å². The lowest BCUT2D eigenvalue weighted by atomic mass is 9.78. The number of guanidine groups is 1. The van der Waals surface area contributed by atoms with E-state index in [1.807, 2.05) is 30.3 Å². The molecule has 0 aromatic heterocycles. The summed E-state index contributed by atoms with van der Waals surface area (Å²) in [6.45, 7) is 2.54. The van der Waals surface area contributed by atoms with Gasteiger partial charge in [-0.3, -0.25) is 10.2 Å². The van der Waals surface area contributed by atoms with Crippen LogP contribution in [0.3, 0.4) is 0 Å². The SMILES string of the molecule is N=C(N)N1CCCC(CC2C(=O)N(C(=O)N3CCN(C(=O)OCCCOc4ccccc4)CC3)C2C(=O)O)C1. The zero-order valence-electron chi connectivity index (χ0n) is 21.9. The number of β-lactam (4-membered cyclic amide) rings is 1. The zero-order valence-corrected chi connectivity index (χ0v) is 21.9. The number of carboxylic acid groups (broad SMARTS) is 1. The predicted octanol–water partition coefficient (Wildman–Crippen LogP) is 1.24. The number of ether oxygens (including phenoxy) is 2. The number of rotatable bonds is 8. The van der Waals surface area contributed by atoms with Gasteiger partial charge in [-0.05, 0) is 37.3 Å². The first-order chi connectivity index (χ1) is 18.8. The maximum atomic E-state index is 13.1. The van der Waals surface area contributed by atoms with Gasteiger partial charge in [0, 0.05) is 45.7 Å². The monoisotopic (exact) mass is 544 g/mol.